The summed E-state index contributed by atoms with van der Waals surface area (Å²) in [6.07, 6.45) is 1.58. The molecule has 0 fully saturated rings. The van der Waals surface area contributed by atoms with Crippen molar-refractivity contribution in [3.8, 4) is 0 Å². The predicted molar refractivity (Wildman–Crippen MR) is 78.1 cm³/mol. The lowest BCUT2D eigenvalue weighted by atomic mass is 10.3. The average molecular weight is 335 g/mol. The number of hydrogen-bond donors (Lipinski definition) is 2. The van der Waals surface area contributed by atoms with E-state index in [-0.39, 0.29) is 21.5 Å². The van der Waals surface area contributed by atoms with E-state index in [9.17, 15) is 8.42 Å². The van der Waals surface area contributed by atoms with Gasteiger partial charge in [-0.3, -0.25) is 4.68 Å². The molecule has 3 N–H and O–H groups in total. The Morgan fingerprint density at radius 1 is 1.35 bits per heavy atom. The number of halogens is 2. The first kappa shape index (κ1) is 15.1. The second-order valence-corrected chi connectivity index (χ2v) is 6.60. The molecule has 0 bridgehead atoms. The van der Waals surface area contributed by atoms with E-state index in [0.717, 1.165) is 0 Å². The maximum absolute atomic E-state index is 12.2. The summed E-state index contributed by atoms with van der Waals surface area (Å²) in [4.78, 5) is -0.183. The van der Waals surface area contributed by atoms with E-state index in [1.165, 1.54) is 12.1 Å². The molecule has 0 atom stereocenters. The standard InChI is InChI=1S/C11H12Cl2N4O2S/c1-17-8(2-3-15-17)6-16-20(18,19)11-9(12)4-7(14)5-10(11)13/h2-5,16H,6,14H2,1H3. The van der Waals surface area contributed by atoms with Crippen molar-refractivity contribution in [1.29, 1.82) is 0 Å². The summed E-state index contributed by atoms with van der Waals surface area (Å²) < 4.78 is 28.5. The largest absolute Gasteiger partial charge is 0.399 e. The lowest BCUT2D eigenvalue weighted by Gasteiger charge is -2.11. The number of aryl methyl sites for hydroxylation is 1. The van der Waals surface area contributed by atoms with E-state index in [1.54, 1.807) is 24.0 Å². The molecule has 0 saturated carbocycles. The molecule has 2 aromatic rings. The highest BCUT2D eigenvalue weighted by molar-refractivity contribution is 7.89. The van der Waals surface area contributed by atoms with Gasteiger partial charge in [-0.1, -0.05) is 23.2 Å². The number of nitrogen functional groups attached to an aromatic ring is 1. The quantitative estimate of drug-likeness (QED) is 0.834. The molecule has 20 heavy (non-hydrogen) atoms. The van der Waals surface area contributed by atoms with Crippen LogP contribution in [0.1, 0.15) is 5.69 Å². The van der Waals surface area contributed by atoms with Gasteiger partial charge in [0.05, 0.1) is 22.3 Å². The van der Waals surface area contributed by atoms with Crippen LogP contribution < -0.4 is 10.5 Å². The molecule has 1 aromatic heterocycles. The Balaban J connectivity index is 2.30. The lowest BCUT2D eigenvalue weighted by molar-refractivity contribution is 0.577. The third-order valence-corrected chi connectivity index (χ3v) is 4.98. The Hall–Kier alpha value is -1.28. The second kappa shape index (κ2) is 5.61. The van der Waals surface area contributed by atoms with Crippen LogP contribution in [0.5, 0.6) is 0 Å². The van der Waals surface area contributed by atoms with Crippen LogP contribution in [0.15, 0.2) is 29.3 Å². The van der Waals surface area contributed by atoms with E-state index in [2.05, 4.69) is 9.82 Å². The minimum absolute atomic E-state index is 0.0208. The Morgan fingerprint density at radius 2 is 1.95 bits per heavy atom. The molecule has 9 heteroatoms. The fourth-order valence-electron chi connectivity index (χ4n) is 1.65. The maximum Gasteiger partial charge on any atom is 0.243 e. The van der Waals surface area contributed by atoms with Crippen LogP contribution in [0.3, 0.4) is 0 Å². The summed E-state index contributed by atoms with van der Waals surface area (Å²) in [5, 5.41) is 3.91. The normalized spacial score (nSPS) is 11.8. The van der Waals surface area contributed by atoms with Crippen LogP contribution in [0.4, 0.5) is 5.69 Å². The van der Waals surface area contributed by atoms with Gasteiger partial charge < -0.3 is 5.73 Å². The molecule has 0 amide bonds. The summed E-state index contributed by atoms with van der Waals surface area (Å²) in [5.74, 6) is 0. The van der Waals surface area contributed by atoms with Crippen LogP contribution in [0.25, 0.3) is 0 Å². The number of nitrogens with two attached hydrogens (primary N) is 1. The summed E-state index contributed by atoms with van der Waals surface area (Å²) in [6, 6.07) is 4.38. The lowest BCUT2D eigenvalue weighted by Crippen LogP contribution is -2.25. The van der Waals surface area contributed by atoms with E-state index in [0.29, 0.717) is 11.4 Å². The highest BCUT2D eigenvalue weighted by Crippen LogP contribution is 2.31. The van der Waals surface area contributed by atoms with Crippen molar-refractivity contribution in [1.82, 2.24) is 14.5 Å². The van der Waals surface area contributed by atoms with Gasteiger partial charge >= 0.3 is 0 Å². The fourth-order valence-corrected chi connectivity index (χ4v) is 3.88. The number of nitrogens with zero attached hydrogens (tertiary/aromatic N) is 2. The molecule has 6 nitrogen and oxygen atoms in total. The second-order valence-electron chi connectivity index (χ2n) is 4.08. The summed E-state index contributed by atoms with van der Waals surface area (Å²) >= 11 is 11.8. The maximum atomic E-state index is 12.2. The molecular weight excluding hydrogens is 323 g/mol. The van der Waals surface area contributed by atoms with E-state index < -0.39 is 10.0 Å². The van der Waals surface area contributed by atoms with Crippen molar-refractivity contribution in [2.75, 3.05) is 5.73 Å². The van der Waals surface area contributed by atoms with Crippen molar-refractivity contribution in [3.63, 3.8) is 0 Å². The minimum atomic E-state index is -3.84. The summed E-state index contributed by atoms with van der Waals surface area (Å²) in [5.41, 5.74) is 6.55. The molecule has 1 aromatic carbocycles. The number of hydrogen-bond acceptors (Lipinski definition) is 4. The summed E-state index contributed by atoms with van der Waals surface area (Å²) in [6.45, 7) is 0.0792. The zero-order chi connectivity index (χ0) is 14.9. The van der Waals surface area contributed by atoms with Crippen LogP contribution >= 0.6 is 23.2 Å². The number of anilines is 1. The number of aromatic nitrogens is 2. The average Bonchev–Trinajstić information content (AvgIpc) is 2.70. The monoisotopic (exact) mass is 334 g/mol. The zero-order valence-electron chi connectivity index (χ0n) is 10.5. The highest BCUT2D eigenvalue weighted by Gasteiger charge is 2.22. The van der Waals surface area contributed by atoms with Gasteiger partial charge in [0.2, 0.25) is 10.0 Å². The van der Waals surface area contributed by atoms with Crippen molar-refractivity contribution < 1.29 is 8.42 Å². The van der Waals surface area contributed by atoms with Gasteiger partial charge in [0.1, 0.15) is 4.90 Å². The number of rotatable bonds is 4. The molecule has 1 heterocycles. The molecule has 0 aliphatic rings. The van der Waals surface area contributed by atoms with Crippen molar-refractivity contribution in [2.24, 2.45) is 7.05 Å². The highest BCUT2D eigenvalue weighted by atomic mass is 35.5. The molecular formula is C11H12Cl2N4O2S. The molecule has 0 radical (unpaired) electrons. The Labute approximate surface area is 126 Å². The molecule has 0 saturated heterocycles. The van der Waals surface area contributed by atoms with E-state index in [4.69, 9.17) is 28.9 Å². The van der Waals surface area contributed by atoms with Crippen LogP contribution in [0, 0.1) is 0 Å². The van der Waals surface area contributed by atoms with Gasteiger partial charge in [-0.05, 0) is 18.2 Å². The van der Waals surface area contributed by atoms with Gasteiger partial charge in [-0.25, -0.2) is 13.1 Å². The van der Waals surface area contributed by atoms with E-state index >= 15 is 0 Å². The first-order valence-electron chi connectivity index (χ1n) is 5.52. The molecule has 0 aliphatic carbocycles. The van der Waals surface area contributed by atoms with Gasteiger partial charge in [0.25, 0.3) is 0 Å². The van der Waals surface area contributed by atoms with Gasteiger partial charge in [-0.2, -0.15) is 5.10 Å². The number of sulfonamides is 1. The SMILES string of the molecule is Cn1nccc1CNS(=O)(=O)c1c(Cl)cc(N)cc1Cl. The van der Waals surface area contributed by atoms with Crippen molar-refractivity contribution in [2.45, 2.75) is 11.4 Å². The van der Waals surface area contributed by atoms with Crippen LogP contribution in [-0.4, -0.2) is 18.2 Å². The van der Waals surface area contributed by atoms with Crippen molar-refractivity contribution in [3.05, 3.63) is 40.1 Å². The number of nitrogens with one attached hydrogen (secondary N) is 1. The molecule has 0 unspecified atom stereocenters. The molecule has 0 aliphatic heterocycles. The first-order chi connectivity index (χ1) is 9.31. The Kier molecular flexibility index (Phi) is 4.24. The topological polar surface area (TPSA) is 90.0 Å². The minimum Gasteiger partial charge on any atom is -0.399 e. The number of benzene rings is 1. The summed E-state index contributed by atoms with van der Waals surface area (Å²) in [7, 11) is -2.13. The molecule has 2 rings (SSSR count). The van der Waals surface area contributed by atoms with Crippen molar-refractivity contribution >= 4 is 38.9 Å². The van der Waals surface area contributed by atoms with Gasteiger partial charge in [0.15, 0.2) is 0 Å². The fraction of sp³-hybridized carbons (Fsp3) is 0.182. The Morgan fingerprint density at radius 3 is 2.45 bits per heavy atom. The van der Waals surface area contributed by atoms with E-state index in [1.807, 2.05) is 0 Å². The van der Waals surface area contributed by atoms with Gasteiger partial charge in [0, 0.05) is 18.9 Å². The third kappa shape index (κ3) is 3.06. The molecule has 0 spiro atoms. The molecule has 108 valence electrons. The first-order valence-corrected chi connectivity index (χ1v) is 7.76. The predicted octanol–water partition coefficient (Wildman–Crippen LogP) is 1.79. The van der Waals surface area contributed by atoms with Crippen LogP contribution in [-0.2, 0) is 23.6 Å². The smallest absolute Gasteiger partial charge is 0.243 e. The van der Waals surface area contributed by atoms with Crippen LogP contribution in [0.2, 0.25) is 10.0 Å². The Bertz CT molecular complexity index is 720. The zero-order valence-corrected chi connectivity index (χ0v) is 12.8. The third-order valence-electron chi connectivity index (χ3n) is 2.66. The van der Waals surface area contributed by atoms with Gasteiger partial charge in [-0.15, -0.1) is 0 Å².